The average Bonchev–Trinajstić information content (AvgIpc) is 3.23. The summed E-state index contributed by atoms with van der Waals surface area (Å²) in [5.41, 5.74) is 0. The number of nitrogens with one attached hydrogen (secondary N) is 2. The van der Waals surface area contributed by atoms with Crippen molar-refractivity contribution in [3.63, 3.8) is 0 Å². The minimum absolute atomic E-state index is 0.0633. The lowest BCUT2D eigenvalue weighted by atomic mass is 9.99. The van der Waals surface area contributed by atoms with Gasteiger partial charge >= 0.3 is 0 Å². The standard InChI is InChI=1S/C42H82N2O15/c1-2-3-4-5-6-7-8-9-10-11-12-13-14-15-16-17-37(46)43-18-20-51-22-24-53-26-27-55-30-31-57-35-38(47)44-19-21-52-23-25-54-28-29-56-32-33-58-42-41(50)40(49)39(48)36(34-45)59-42/h36,39-42,45,48-50H,2-35H2,1H3,(H,43,46)(H,44,47)/t36?,39-,40?,41?,42+/m1/s1. The van der Waals surface area contributed by atoms with E-state index in [-0.39, 0.29) is 38.2 Å². The first-order chi connectivity index (χ1) is 28.9. The van der Waals surface area contributed by atoms with Crippen molar-refractivity contribution in [1.29, 1.82) is 0 Å². The lowest BCUT2D eigenvalue weighted by molar-refractivity contribution is -0.302. The number of unbranched alkanes of at least 4 members (excludes halogenated alkanes) is 14. The van der Waals surface area contributed by atoms with Gasteiger partial charge in [-0.3, -0.25) is 9.59 Å². The second-order valence-corrected chi connectivity index (χ2v) is 14.7. The molecule has 5 atom stereocenters. The van der Waals surface area contributed by atoms with E-state index < -0.39 is 37.3 Å². The minimum atomic E-state index is -1.49. The van der Waals surface area contributed by atoms with Crippen LogP contribution in [0.2, 0.25) is 0 Å². The predicted molar refractivity (Wildman–Crippen MR) is 221 cm³/mol. The molecular formula is C42H82N2O15. The predicted octanol–water partition coefficient (Wildman–Crippen LogP) is 2.41. The molecule has 0 aromatic carbocycles. The van der Waals surface area contributed by atoms with Gasteiger partial charge in [0, 0.05) is 19.5 Å². The maximum atomic E-state index is 12.0. The summed E-state index contributed by atoms with van der Waals surface area (Å²) in [7, 11) is 0. The summed E-state index contributed by atoms with van der Waals surface area (Å²) in [5.74, 6) is -0.158. The molecule has 17 nitrogen and oxygen atoms in total. The Kier molecular flexibility index (Phi) is 39.2. The van der Waals surface area contributed by atoms with E-state index in [0.29, 0.717) is 92.2 Å². The maximum absolute atomic E-state index is 12.0. The number of rotatable bonds is 44. The summed E-state index contributed by atoms with van der Waals surface area (Å²) in [4.78, 5) is 23.9. The summed E-state index contributed by atoms with van der Waals surface area (Å²) >= 11 is 0. The third-order valence-electron chi connectivity index (χ3n) is 9.60. The molecule has 0 aromatic rings. The van der Waals surface area contributed by atoms with Crippen molar-refractivity contribution in [3.05, 3.63) is 0 Å². The van der Waals surface area contributed by atoms with Crippen molar-refractivity contribution in [2.75, 3.05) is 119 Å². The second kappa shape index (κ2) is 41.8. The zero-order valence-electron chi connectivity index (χ0n) is 36.2. The number of ether oxygens (including phenoxy) is 9. The Balaban J connectivity index is 1.72. The van der Waals surface area contributed by atoms with Gasteiger partial charge in [0.15, 0.2) is 6.29 Å². The average molecular weight is 855 g/mol. The van der Waals surface area contributed by atoms with Crippen LogP contribution in [0, 0.1) is 0 Å². The van der Waals surface area contributed by atoms with E-state index in [1.807, 2.05) is 0 Å². The zero-order chi connectivity index (χ0) is 42.9. The Bertz CT molecular complexity index is 938. The number of carbonyl (C=O) groups is 2. The molecule has 2 amide bonds. The van der Waals surface area contributed by atoms with Gasteiger partial charge in [-0.1, -0.05) is 96.8 Å². The number of aliphatic hydroxyl groups excluding tert-OH is 4. The van der Waals surface area contributed by atoms with E-state index in [1.165, 1.54) is 83.5 Å². The van der Waals surface area contributed by atoms with E-state index in [4.69, 9.17) is 42.6 Å². The topological polar surface area (TPSA) is 222 Å². The van der Waals surface area contributed by atoms with Gasteiger partial charge in [0.25, 0.3) is 0 Å². The largest absolute Gasteiger partial charge is 0.394 e. The third-order valence-corrected chi connectivity index (χ3v) is 9.60. The van der Waals surface area contributed by atoms with Crippen LogP contribution in [0.25, 0.3) is 0 Å². The quantitative estimate of drug-likeness (QED) is 0.0485. The van der Waals surface area contributed by atoms with Gasteiger partial charge in [0.1, 0.15) is 31.0 Å². The Morgan fingerprint density at radius 3 is 1.32 bits per heavy atom. The molecule has 3 unspecified atom stereocenters. The van der Waals surface area contributed by atoms with Crippen LogP contribution < -0.4 is 10.6 Å². The second-order valence-electron chi connectivity index (χ2n) is 14.7. The fourth-order valence-corrected chi connectivity index (χ4v) is 6.12. The van der Waals surface area contributed by atoms with Crippen LogP contribution in [0.1, 0.15) is 110 Å². The molecule has 1 rings (SSSR count). The Hall–Kier alpha value is -1.58. The zero-order valence-corrected chi connectivity index (χ0v) is 36.2. The summed E-state index contributed by atoms with van der Waals surface area (Å²) in [5, 5.41) is 44.3. The molecule has 0 spiro atoms. The van der Waals surface area contributed by atoms with Gasteiger partial charge in [-0.05, 0) is 6.42 Å². The summed E-state index contributed by atoms with van der Waals surface area (Å²) in [6, 6.07) is 0. The normalized spacial score (nSPS) is 19.3. The summed E-state index contributed by atoms with van der Waals surface area (Å²) in [6.45, 7) is 7.19. The maximum Gasteiger partial charge on any atom is 0.246 e. The van der Waals surface area contributed by atoms with Crippen LogP contribution >= 0.6 is 0 Å². The van der Waals surface area contributed by atoms with Crippen LogP contribution in [-0.2, 0) is 52.2 Å². The van der Waals surface area contributed by atoms with E-state index in [2.05, 4.69) is 17.6 Å². The van der Waals surface area contributed by atoms with Crippen LogP contribution in [0.5, 0.6) is 0 Å². The highest BCUT2D eigenvalue weighted by molar-refractivity contribution is 5.77. The first kappa shape index (κ1) is 55.4. The van der Waals surface area contributed by atoms with Gasteiger partial charge < -0.3 is 73.7 Å². The van der Waals surface area contributed by atoms with Crippen molar-refractivity contribution >= 4 is 11.8 Å². The number of aliphatic hydroxyl groups is 4. The molecule has 1 saturated heterocycles. The van der Waals surface area contributed by atoms with E-state index in [1.54, 1.807) is 0 Å². The van der Waals surface area contributed by atoms with Gasteiger partial charge in [-0.25, -0.2) is 0 Å². The molecule has 0 bridgehead atoms. The SMILES string of the molecule is CCCCCCCCCCCCCCCCCC(=O)NCCOCCOCCOCCOCC(=O)NCCOCCOCCOCCO[C@H]1OC(CO)[C@@H](O)C(O)C1O. The number of carbonyl (C=O) groups excluding carboxylic acids is 2. The van der Waals surface area contributed by atoms with Crippen LogP contribution in [0.4, 0.5) is 0 Å². The van der Waals surface area contributed by atoms with Crippen LogP contribution in [-0.4, -0.2) is 182 Å². The number of amides is 2. The molecule has 6 N–H and O–H groups in total. The number of hydrogen-bond acceptors (Lipinski definition) is 15. The molecule has 17 heteroatoms. The molecule has 0 aromatic heterocycles. The van der Waals surface area contributed by atoms with Gasteiger partial charge in [0.05, 0.1) is 99.1 Å². The molecule has 59 heavy (non-hydrogen) atoms. The van der Waals surface area contributed by atoms with Crippen molar-refractivity contribution in [2.24, 2.45) is 0 Å². The fourth-order valence-electron chi connectivity index (χ4n) is 6.12. The molecule has 1 aliphatic rings. The lowest BCUT2D eigenvalue weighted by Crippen LogP contribution is -2.59. The summed E-state index contributed by atoms with van der Waals surface area (Å²) < 4.78 is 48.6. The highest BCUT2D eigenvalue weighted by Gasteiger charge is 2.43. The molecule has 0 saturated carbocycles. The van der Waals surface area contributed by atoms with Crippen LogP contribution in [0.3, 0.4) is 0 Å². The van der Waals surface area contributed by atoms with E-state index >= 15 is 0 Å². The Morgan fingerprint density at radius 1 is 0.475 bits per heavy atom. The fraction of sp³-hybridized carbons (Fsp3) is 0.952. The molecule has 0 radical (unpaired) electrons. The van der Waals surface area contributed by atoms with Gasteiger partial charge in [0.2, 0.25) is 11.8 Å². The third kappa shape index (κ3) is 33.7. The van der Waals surface area contributed by atoms with Crippen molar-refractivity contribution in [3.8, 4) is 0 Å². The number of hydrogen-bond donors (Lipinski definition) is 6. The highest BCUT2D eigenvalue weighted by atomic mass is 16.7. The monoisotopic (exact) mass is 855 g/mol. The smallest absolute Gasteiger partial charge is 0.246 e. The van der Waals surface area contributed by atoms with E-state index in [9.17, 15) is 30.0 Å². The first-order valence-electron chi connectivity index (χ1n) is 22.4. The van der Waals surface area contributed by atoms with Crippen LogP contribution in [0.15, 0.2) is 0 Å². The lowest BCUT2D eigenvalue weighted by Gasteiger charge is -2.39. The minimum Gasteiger partial charge on any atom is -0.394 e. The van der Waals surface area contributed by atoms with Crippen molar-refractivity contribution < 1.29 is 72.6 Å². The van der Waals surface area contributed by atoms with Gasteiger partial charge in [-0.15, -0.1) is 0 Å². The summed E-state index contributed by atoms with van der Waals surface area (Å²) in [6.07, 6.45) is 13.7. The van der Waals surface area contributed by atoms with Crippen molar-refractivity contribution in [1.82, 2.24) is 10.6 Å². The highest BCUT2D eigenvalue weighted by Crippen LogP contribution is 2.22. The molecular weight excluding hydrogens is 772 g/mol. The molecule has 0 aliphatic carbocycles. The Labute approximate surface area is 353 Å². The van der Waals surface area contributed by atoms with Gasteiger partial charge in [-0.2, -0.15) is 0 Å². The first-order valence-corrected chi connectivity index (χ1v) is 22.4. The molecule has 350 valence electrons. The molecule has 1 fully saturated rings. The van der Waals surface area contributed by atoms with E-state index in [0.717, 1.165) is 12.8 Å². The molecule has 1 heterocycles. The Morgan fingerprint density at radius 2 is 0.864 bits per heavy atom. The van der Waals surface area contributed by atoms with Crippen molar-refractivity contribution in [2.45, 2.75) is 140 Å². The molecule has 1 aliphatic heterocycles.